The molecule has 1 amide bonds. The van der Waals surface area contributed by atoms with Crippen molar-refractivity contribution in [2.24, 2.45) is 5.92 Å². The number of nitrogens with one attached hydrogen (secondary N) is 2. The fourth-order valence-corrected chi connectivity index (χ4v) is 2.06. The largest absolute Gasteiger partial charge is 0.355 e. The zero-order valence-corrected chi connectivity index (χ0v) is 13.4. The molecule has 0 bridgehead atoms. The molecular formula is C17H23ClN2O. The number of carbonyl (C=O) groups excluding carboxylic acids is 1. The van der Waals surface area contributed by atoms with Gasteiger partial charge in [0, 0.05) is 25.6 Å². The van der Waals surface area contributed by atoms with Crippen molar-refractivity contribution in [2.75, 3.05) is 13.1 Å². The molecule has 4 heteroatoms. The third-order valence-corrected chi connectivity index (χ3v) is 3.27. The van der Waals surface area contributed by atoms with E-state index in [2.05, 4.69) is 53.1 Å². The molecule has 0 fully saturated rings. The van der Waals surface area contributed by atoms with Crippen molar-refractivity contribution in [1.82, 2.24) is 10.6 Å². The third kappa shape index (κ3) is 5.37. The van der Waals surface area contributed by atoms with Gasteiger partial charge >= 0.3 is 0 Å². The molecular weight excluding hydrogens is 284 g/mol. The van der Waals surface area contributed by atoms with Crippen molar-refractivity contribution in [2.45, 2.75) is 20.4 Å². The molecule has 2 aromatic carbocycles. The average Bonchev–Trinajstić information content (AvgIpc) is 2.46. The molecule has 0 heterocycles. The maximum Gasteiger partial charge on any atom is 0.222 e. The van der Waals surface area contributed by atoms with Crippen LogP contribution >= 0.6 is 12.4 Å². The Morgan fingerprint density at radius 1 is 1.05 bits per heavy atom. The highest BCUT2D eigenvalue weighted by molar-refractivity contribution is 5.85. The molecule has 0 spiro atoms. The minimum atomic E-state index is 0. The zero-order chi connectivity index (χ0) is 14.4. The van der Waals surface area contributed by atoms with Crippen LogP contribution in [-0.4, -0.2) is 19.0 Å². The molecule has 0 aromatic heterocycles. The van der Waals surface area contributed by atoms with Crippen LogP contribution in [0.5, 0.6) is 0 Å². The van der Waals surface area contributed by atoms with E-state index in [1.165, 1.54) is 16.3 Å². The van der Waals surface area contributed by atoms with Crippen LogP contribution in [0.2, 0.25) is 0 Å². The molecule has 0 saturated heterocycles. The number of rotatable bonds is 6. The summed E-state index contributed by atoms with van der Waals surface area (Å²) in [5, 5.41) is 8.77. The van der Waals surface area contributed by atoms with Gasteiger partial charge in [0.15, 0.2) is 0 Å². The molecule has 2 rings (SSSR count). The first-order valence-electron chi connectivity index (χ1n) is 7.13. The lowest BCUT2D eigenvalue weighted by molar-refractivity contribution is -0.123. The van der Waals surface area contributed by atoms with Crippen LogP contribution in [0.1, 0.15) is 19.4 Å². The van der Waals surface area contributed by atoms with Crippen molar-refractivity contribution in [3.63, 3.8) is 0 Å². The predicted molar refractivity (Wildman–Crippen MR) is 90.8 cm³/mol. The predicted octanol–water partition coefficient (Wildman–Crippen LogP) is 3.12. The molecule has 2 aromatic rings. The fraction of sp³-hybridized carbons (Fsp3) is 0.353. The summed E-state index contributed by atoms with van der Waals surface area (Å²) >= 11 is 0. The van der Waals surface area contributed by atoms with Gasteiger partial charge in [-0.05, 0) is 22.4 Å². The SMILES string of the molecule is CC(C)C(=O)NCCNCc1ccc2ccccc2c1.Cl. The molecule has 0 saturated carbocycles. The van der Waals surface area contributed by atoms with E-state index >= 15 is 0 Å². The van der Waals surface area contributed by atoms with E-state index in [4.69, 9.17) is 0 Å². The van der Waals surface area contributed by atoms with Crippen molar-refractivity contribution >= 4 is 29.1 Å². The Morgan fingerprint density at radius 3 is 2.48 bits per heavy atom. The molecule has 114 valence electrons. The molecule has 21 heavy (non-hydrogen) atoms. The molecule has 0 aliphatic rings. The van der Waals surface area contributed by atoms with Gasteiger partial charge in [0.25, 0.3) is 0 Å². The van der Waals surface area contributed by atoms with Gasteiger partial charge in [-0.3, -0.25) is 4.79 Å². The maximum atomic E-state index is 11.4. The van der Waals surface area contributed by atoms with Crippen LogP contribution in [0, 0.1) is 5.92 Å². The van der Waals surface area contributed by atoms with Gasteiger partial charge in [0.2, 0.25) is 5.91 Å². The summed E-state index contributed by atoms with van der Waals surface area (Å²) < 4.78 is 0. The third-order valence-electron chi connectivity index (χ3n) is 3.27. The van der Waals surface area contributed by atoms with Crippen LogP contribution in [0.15, 0.2) is 42.5 Å². The highest BCUT2D eigenvalue weighted by atomic mass is 35.5. The Kier molecular flexibility index (Phi) is 7.20. The van der Waals surface area contributed by atoms with E-state index in [0.29, 0.717) is 6.54 Å². The van der Waals surface area contributed by atoms with Crippen LogP contribution in [0.25, 0.3) is 10.8 Å². The lowest BCUT2D eigenvalue weighted by Gasteiger charge is -2.09. The first-order valence-corrected chi connectivity index (χ1v) is 7.13. The summed E-state index contributed by atoms with van der Waals surface area (Å²) in [6, 6.07) is 14.8. The number of hydrogen-bond donors (Lipinski definition) is 2. The summed E-state index contributed by atoms with van der Waals surface area (Å²) in [6.07, 6.45) is 0. The molecule has 0 radical (unpaired) electrons. The minimum Gasteiger partial charge on any atom is -0.355 e. The fourth-order valence-electron chi connectivity index (χ4n) is 2.06. The van der Waals surface area contributed by atoms with Crippen molar-refractivity contribution < 1.29 is 4.79 Å². The minimum absolute atomic E-state index is 0. The average molecular weight is 307 g/mol. The number of benzene rings is 2. The van der Waals surface area contributed by atoms with Gasteiger partial charge in [-0.25, -0.2) is 0 Å². The standard InChI is InChI=1S/C17H22N2O.ClH/c1-13(2)17(20)19-10-9-18-12-14-7-8-15-5-3-4-6-16(15)11-14;/h3-8,11,13,18H,9-10,12H2,1-2H3,(H,19,20);1H. The summed E-state index contributed by atoms with van der Waals surface area (Å²) in [5.41, 5.74) is 1.26. The van der Waals surface area contributed by atoms with Gasteiger partial charge < -0.3 is 10.6 Å². The Labute approximate surface area is 132 Å². The van der Waals surface area contributed by atoms with Gasteiger partial charge in [0.05, 0.1) is 0 Å². The Hall–Kier alpha value is -1.58. The Balaban J connectivity index is 0.00000220. The molecule has 3 nitrogen and oxygen atoms in total. The summed E-state index contributed by atoms with van der Waals surface area (Å²) in [4.78, 5) is 11.4. The highest BCUT2D eigenvalue weighted by Gasteiger charge is 2.04. The second-order valence-electron chi connectivity index (χ2n) is 5.30. The maximum absolute atomic E-state index is 11.4. The first kappa shape index (κ1) is 17.5. The van der Waals surface area contributed by atoms with Crippen LogP contribution in [-0.2, 0) is 11.3 Å². The second kappa shape index (κ2) is 8.65. The van der Waals surface area contributed by atoms with Crippen LogP contribution in [0.4, 0.5) is 0 Å². The molecule has 0 unspecified atom stereocenters. The monoisotopic (exact) mass is 306 g/mol. The smallest absolute Gasteiger partial charge is 0.222 e. The topological polar surface area (TPSA) is 41.1 Å². The van der Waals surface area contributed by atoms with E-state index in [1.807, 2.05) is 13.8 Å². The van der Waals surface area contributed by atoms with Gasteiger partial charge in [-0.15, -0.1) is 12.4 Å². The van der Waals surface area contributed by atoms with Crippen LogP contribution in [0.3, 0.4) is 0 Å². The lowest BCUT2D eigenvalue weighted by atomic mass is 10.1. The number of carbonyl (C=O) groups is 1. The highest BCUT2D eigenvalue weighted by Crippen LogP contribution is 2.15. The summed E-state index contributed by atoms with van der Waals surface area (Å²) in [6.45, 7) is 6.08. The molecule has 0 aliphatic carbocycles. The van der Waals surface area contributed by atoms with E-state index in [1.54, 1.807) is 0 Å². The quantitative estimate of drug-likeness (QED) is 0.805. The molecule has 2 N–H and O–H groups in total. The summed E-state index contributed by atoms with van der Waals surface area (Å²) in [7, 11) is 0. The lowest BCUT2D eigenvalue weighted by Crippen LogP contribution is -2.34. The van der Waals surface area contributed by atoms with Gasteiger partial charge in [0.1, 0.15) is 0 Å². The number of fused-ring (bicyclic) bond motifs is 1. The number of halogens is 1. The van der Waals surface area contributed by atoms with E-state index < -0.39 is 0 Å². The van der Waals surface area contributed by atoms with Crippen molar-refractivity contribution in [1.29, 1.82) is 0 Å². The second-order valence-corrected chi connectivity index (χ2v) is 5.30. The zero-order valence-electron chi connectivity index (χ0n) is 12.6. The normalized spacial score (nSPS) is 10.4. The Morgan fingerprint density at radius 2 is 1.76 bits per heavy atom. The number of amides is 1. The summed E-state index contributed by atoms with van der Waals surface area (Å²) in [5.74, 6) is 0.160. The van der Waals surface area contributed by atoms with Gasteiger partial charge in [-0.2, -0.15) is 0 Å². The van der Waals surface area contributed by atoms with Crippen LogP contribution < -0.4 is 10.6 Å². The molecule has 0 aliphatic heterocycles. The van der Waals surface area contributed by atoms with E-state index in [9.17, 15) is 4.79 Å². The molecule has 0 atom stereocenters. The number of hydrogen-bond acceptors (Lipinski definition) is 2. The Bertz CT molecular complexity index is 584. The van der Waals surface area contributed by atoms with E-state index in [-0.39, 0.29) is 24.2 Å². The van der Waals surface area contributed by atoms with Crippen molar-refractivity contribution in [3.8, 4) is 0 Å². The van der Waals surface area contributed by atoms with Crippen molar-refractivity contribution in [3.05, 3.63) is 48.0 Å². The first-order chi connectivity index (χ1) is 9.66. The van der Waals surface area contributed by atoms with E-state index in [0.717, 1.165) is 13.1 Å². The van der Waals surface area contributed by atoms with Gasteiger partial charge in [-0.1, -0.05) is 50.2 Å².